The Balaban J connectivity index is 1.24. The number of imide groups is 1. The smallest absolute Gasteiger partial charge is 0.286 e. The van der Waals surface area contributed by atoms with E-state index >= 15 is 0 Å². The van der Waals surface area contributed by atoms with Crippen molar-refractivity contribution in [2.45, 2.75) is 30.9 Å². The molecule has 0 radical (unpaired) electrons. The number of ether oxygens (including phenoxy) is 2. The maximum Gasteiger partial charge on any atom is 0.286 e. The third kappa shape index (κ3) is 4.87. The zero-order chi connectivity index (χ0) is 19.3. The molecule has 0 spiro atoms. The van der Waals surface area contributed by atoms with Crippen molar-refractivity contribution in [1.82, 2.24) is 5.32 Å². The van der Waals surface area contributed by atoms with Crippen LogP contribution >= 0.6 is 11.8 Å². The van der Waals surface area contributed by atoms with Gasteiger partial charge in [0.2, 0.25) is 5.91 Å². The first kappa shape index (κ1) is 18.9. The van der Waals surface area contributed by atoms with E-state index in [1.54, 1.807) is 0 Å². The molecule has 2 fully saturated rings. The molecule has 5 nitrogen and oxygen atoms in total. The van der Waals surface area contributed by atoms with Gasteiger partial charge < -0.3 is 9.47 Å². The molecule has 4 rings (SSSR count). The molecule has 1 atom stereocenters. The van der Waals surface area contributed by atoms with Crippen LogP contribution in [0.25, 0.3) is 0 Å². The van der Waals surface area contributed by atoms with E-state index in [-0.39, 0.29) is 11.1 Å². The Morgan fingerprint density at radius 3 is 2.61 bits per heavy atom. The molecule has 2 amide bonds. The van der Waals surface area contributed by atoms with Crippen molar-refractivity contribution in [3.05, 3.63) is 59.7 Å². The molecule has 1 aliphatic carbocycles. The van der Waals surface area contributed by atoms with Gasteiger partial charge in [-0.2, -0.15) is 0 Å². The van der Waals surface area contributed by atoms with Gasteiger partial charge in [0.15, 0.2) is 0 Å². The van der Waals surface area contributed by atoms with E-state index in [2.05, 4.69) is 17.4 Å². The van der Waals surface area contributed by atoms with Gasteiger partial charge in [0, 0.05) is 6.42 Å². The molecule has 2 aromatic rings. The van der Waals surface area contributed by atoms with E-state index in [4.69, 9.17) is 9.47 Å². The molecule has 1 heterocycles. The summed E-state index contributed by atoms with van der Waals surface area (Å²) < 4.78 is 11.8. The summed E-state index contributed by atoms with van der Waals surface area (Å²) >= 11 is 1.000. The van der Waals surface area contributed by atoms with Gasteiger partial charge in [-0.1, -0.05) is 30.3 Å². The number of para-hydroxylation sites is 1. The number of nitrogens with one attached hydrogen (secondary N) is 1. The van der Waals surface area contributed by atoms with Gasteiger partial charge in [-0.3, -0.25) is 14.9 Å². The molecule has 2 aromatic carbocycles. The number of hydrogen-bond acceptors (Lipinski definition) is 5. The first-order valence-corrected chi connectivity index (χ1v) is 10.5. The highest BCUT2D eigenvalue weighted by Crippen LogP contribution is 2.36. The third-order valence-electron chi connectivity index (χ3n) is 4.84. The van der Waals surface area contributed by atoms with E-state index in [1.165, 1.54) is 18.4 Å². The van der Waals surface area contributed by atoms with Crippen LogP contribution in [0, 0.1) is 5.92 Å². The fourth-order valence-corrected chi connectivity index (χ4v) is 4.04. The average molecular weight is 397 g/mol. The highest BCUT2D eigenvalue weighted by molar-refractivity contribution is 8.15. The predicted molar refractivity (Wildman–Crippen MR) is 109 cm³/mol. The molecule has 2 aliphatic rings. The first-order chi connectivity index (χ1) is 13.7. The lowest BCUT2D eigenvalue weighted by Gasteiger charge is -2.12. The van der Waals surface area contributed by atoms with E-state index in [0.29, 0.717) is 19.0 Å². The number of rotatable bonds is 9. The zero-order valence-electron chi connectivity index (χ0n) is 15.6. The SMILES string of the molecule is O=C1NC(=O)C(c2cccc(OCCCOc3ccccc3CC3CC3)c2)S1. The first-order valence-electron chi connectivity index (χ1n) is 9.64. The molecule has 146 valence electrons. The number of hydrogen-bond donors (Lipinski definition) is 1. The lowest BCUT2D eigenvalue weighted by atomic mass is 10.1. The summed E-state index contributed by atoms with van der Waals surface area (Å²) in [6.07, 6.45) is 4.53. The number of thioether (sulfide) groups is 1. The second-order valence-electron chi connectivity index (χ2n) is 7.15. The van der Waals surface area contributed by atoms with Crippen LogP contribution in [0.2, 0.25) is 0 Å². The summed E-state index contributed by atoms with van der Waals surface area (Å²) in [5, 5.41) is 1.51. The Morgan fingerprint density at radius 2 is 1.82 bits per heavy atom. The van der Waals surface area contributed by atoms with Gasteiger partial charge in [0.1, 0.15) is 16.7 Å². The summed E-state index contributed by atoms with van der Waals surface area (Å²) in [5.74, 6) is 2.23. The maximum absolute atomic E-state index is 11.8. The molecule has 28 heavy (non-hydrogen) atoms. The third-order valence-corrected chi connectivity index (χ3v) is 5.88. The van der Waals surface area contributed by atoms with Gasteiger partial charge in [-0.25, -0.2) is 0 Å². The van der Waals surface area contributed by atoms with Crippen molar-refractivity contribution in [1.29, 1.82) is 0 Å². The summed E-state index contributed by atoms with van der Waals surface area (Å²) in [6.45, 7) is 1.12. The normalized spacial score (nSPS) is 18.8. The monoisotopic (exact) mass is 397 g/mol. The fraction of sp³-hybridized carbons (Fsp3) is 0.364. The molecule has 0 bridgehead atoms. The van der Waals surface area contributed by atoms with Crippen LogP contribution in [0.1, 0.15) is 35.6 Å². The molecule has 1 unspecified atom stereocenters. The summed E-state index contributed by atoms with van der Waals surface area (Å²) in [6, 6.07) is 15.6. The molecular weight excluding hydrogens is 374 g/mol. The van der Waals surface area contributed by atoms with Crippen LogP contribution in [0.15, 0.2) is 48.5 Å². The van der Waals surface area contributed by atoms with E-state index in [1.807, 2.05) is 36.4 Å². The number of carbonyl (C=O) groups excluding carboxylic acids is 2. The van der Waals surface area contributed by atoms with Crippen molar-refractivity contribution in [3.63, 3.8) is 0 Å². The van der Waals surface area contributed by atoms with Crippen LogP contribution in [0.3, 0.4) is 0 Å². The molecule has 1 saturated heterocycles. The Morgan fingerprint density at radius 1 is 1.00 bits per heavy atom. The minimum Gasteiger partial charge on any atom is -0.493 e. The van der Waals surface area contributed by atoms with Gasteiger partial charge in [0.25, 0.3) is 5.24 Å². The largest absolute Gasteiger partial charge is 0.493 e. The van der Waals surface area contributed by atoms with E-state index in [9.17, 15) is 9.59 Å². The van der Waals surface area contributed by atoms with Gasteiger partial charge in [-0.15, -0.1) is 0 Å². The summed E-state index contributed by atoms with van der Waals surface area (Å²) in [4.78, 5) is 23.2. The minimum absolute atomic E-state index is 0.273. The highest BCUT2D eigenvalue weighted by Gasteiger charge is 2.33. The Hall–Kier alpha value is -2.47. The quantitative estimate of drug-likeness (QED) is 0.631. The minimum atomic E-state index is -0.498. The van der Waals surface area contributed by atoms with Crippen LogP contribution in [0.4, 0.5) is 4.79 Å². The predicted octanol–water partition coefficient (Wildman–Crippen LogP) is 4.51. The second-order valence-corrected chi connectivity index (χ2v) is 8.23. The zero-order valence-corrected chi connectivity index (χ0v) is 16.4. The highest BCUT2D eigenvalue weighted by atomic mass is 32.2. The van der Waals surface area contributed by atoms with Crippen molar-refractivity contribution >= 4 is 22.9 Å². The molecule has 6 heteroatoms. The standard InChI is InChI=1S/C22H23NO4S/c24-21-20(28-22(25)23-21)17-6-3-7-18(14-17)26-11-4-12-27-19-8-2-1-5-16(19)13-15-9-10-15/h1-3,5-8,14-15,20H,4,9-13H2,(H,23,24,25). The number of carbonyl (C=O) groups is 2. The molecule has 1 N–H and O–H groups in total. The lowest BCUT2D eigenvalue weighted by Crippen LogP contribution is -2.20. The summed E-state index contributed by atoms with van der Waals surface area (Å²) in [7, 11) is 0. The topological polar surface area (TPSA) is 64.6 Å². The van der Waals surface area contributed by atoms with Crippen LogP contribution in [-0.4, -0.2) is 24.4 Å². The van der Waals surface area contributed by atoms with E-state index in [0.717, 1.165) is 41.8 Å². The maximum atomic E-state index is 11.8. The Labute approximate surface area is 168 Å². The summed E-state index contributed by atoms with van der Waals surface area (Å²) in [5.41, 5.74) is 2.07. The van der Waals surface area contributed by atoms with Gasteiger partial charge in [0.05, 0.1) is 13.2 Å². The van der Waals surface area contributed by atoms with Crippen molar-refractivity contribution in [3.8, 4) is 11.5 Å². The lowest BCUT2D eigenvalue weighted by molar-refractivity contribution is -0.119. The molecule has 1 aliphatic heterocycles. The average Bonchev–Trinajstić information content (AvgIpc) is 3.44. The van der Waals surface area contributed by atoms with Gasteiger partial charge >= 0.3 is 0 Å². The number of amides is 2. The Kier molecular flexibility index (Phi) is 5.86. The van der Waals surface area contributed by atoms with Crippen LogP contribution in [-0.2, 0) is 11.2 Å². The fourth-order valence-electron chi connectivity index (χ4n) is 3.22. The van der Waals surface area contributed by atoms with Crippen LogP contribution in [0.5, 0.6) is 11.5 Å². The molecule has 1 saturated carbocycles. The molecule has 0 aromatic heterocycles. The van der Waals surface area contributed by atoms with Gasteiger partial charge in [-0.05, 0) is 66.3 Å². The molecular formula is C22H23NO4S. The van der Waals surface area contributed by atoms with Crippen molar-refractivity contribution in [2.75, 3.05) is 13.2 Å². The van der Waals surface area contributed by atoms with Crippen molar-refractivity contribution < 1.29 is 19.1 Å². The van der Waals surface area contributed by atoms with E-state index < -0.39 is 5.25 Å². The number of benzene rings is 2. The van der Waals surface area contributed by atoms with Crippen molar-refractivity contribution in [2.24, 2.45) is 5.92 Å². The van der Waals surface area contributed by atoms with Crippen LogP contribution < -0.4 is 14.8 Å². The Bertz CT molecular complexity index is 865. The second kappa shape index (κ2) is 8.69.